The zero-order chi connectivity index (χ0) is 19.0. The van der Waals surface area contributed by atoms with E-state index in [0.29, 0.717) is 0 Å². The van der Waals surface area contributed by atoms with Gasteiger partial charge in [-0.1, -0.05) is 103 Å². The Labute approximate surface area is 164 Å². The van der Waals surface area contributed by atoms with Gasteiger partial charge in [-0.05, 0) is 60.8 Å². The highest BCUT2D eigenvalue weighted by Gasteiger charge is 2.09. The van der Waals surface area contributed by atoms with E-state index in [1.165, 1.54) is 102 Å². The minimum Gasteiger partial charge on any atom is -0.0985 e. The van der Waals surface area contributed by atoms with Gasteiger partial charge in [-0.2, -0.15) is 0 Å². The van der Waals surface area contributed by atoms with Crippen LogP contribution in [0.2, 0.25) is 0 Å². The first-order valence-corrected chi connectivity index (χ1v) is 11.5. The zero-order valence-electron chi connectivity index (χ0n) is 18.0. The van der Waals surface area contributed by atoms with Crippen LogP contribution in [0.4, 0.5) is 0 Å². The van der Waals surface area contributed by atoms with Crippen molar-refractivity contribution in [1.29, 1.82) is 0 Å². The van der Waals surface area contributed by atoms with Gasteiger partial charge in [0, 0.05) is 0 Å². The van der Waals surface area contributed by atoms with E-state index in [-0.39, 0.29) is 0 Å². The van der Waals surface area contributed by atoms with Gasteiger partial charge in [0.15, 0.2) is 0 Å². The molecule has 0 aromatic heterocycles. The third-order valence-corrected chi connectivity index (χ3v) is 5.58. The Kier molecular flexibility index (Phi) is 13.3. The summed E-state index contributed by atoms with van der Waals surface area (Å²) in [5, 5.41) is 0. The van der Waals surface area contributed by atoms with Gasteiger partial charge in [0.05, 0.1) is 0 Å². The molecule has 1 aromatic carbocycles. The number of hydrogen-bond donors (Lipinski definition) is 0. The molecule has 0 unspecified atom stereocenters. The van der Waals surface area contributed by atoms with Crippen LogP contribution in [-0.2, 0) is 19.3 Å². The molecule has 0 heteroatoms. The summed E-state index contributed by atoms with van der Waals surface area (Å²) in [6.07, 6.45) is 22.0. The summed E-state index contributed by atoms with van der Waals surface area (Å²) in [5.41, 5.74) is 6.17. The fourth-order valence-electron chi connectivity index (χ4n) is 3.86. The first-order valence-electron chi connectivity index (χ1n) is 11.5. The highest BCUT2D eigenvalue weighted by Crippen LogP contribution is 2.24. The molecule has 0 atom stereocenters. The highest BCUT2D eigenvalue weighted by molar-refractivity contribution is 5.55. The lowest BCUT2D eigenvalue weighted by molar-refractivity contribution is 0.648. The molecule has 0 radical (unpaired) electrons. The minimum atomic E-state index is 1.22. The molecule has 0 saturated carbocycles. The van der Waals surface area contributed by atoms with Gasteiger partial charge in [-0.25, -0.2) is 0 Å². The van der Waals surface area contributed by atoms with E-state index in [1.54, 1.807) is 16.7 Å². The van der Waals surface area contributed by atoms with Crippen LogP contribution in [0.5, 0.6) is 0 Å². The van der Waals surface area contributed by atoms with E-state index < -0.39 is 0 Å². The molecule has 0 aliphatic heterocycles. The van der Waals surface area contributed by atoms with Gasteiger partial charge >= 0.3 is 0 Å². The van der Waals surface area contributed by atoms with Gasteiger partial charge in [-0.3, -0.25) is 0 Å². The maximum Gasteiger partial charge on any atom is -0.0227 e. The van der Waals surface area contributed by atoms with E-state index in [1.807, 2.05) is 0 Å². The second-order valence-electron chi connectivity index (χ2n) is 7.96. The molecule has 0 amide bonds. The summed E-state index contributed by atoms with van der Waals surface area (Å²) in [7, 11) is 0. The van der Waals surface area contributed by atoms with Crippen LogP contribution >= 0.6 is 0 Å². The monoisotopic (exact) mass is 356 g/mol. The number of hydrogen-bond acceptors (Lipinski definition) is 0. The highest BCUT2D eigenvalue weighted by atomic mass is 14.1. The molecule has 1 rings (SSSR count). The lowest BCUT2D eigenvalue weighted by Gasteiger charge is -2.16. The summed E-state index contributed by atoms with van der Waals surface area (Å²) >= 11 is 0. The summed E-state index contributed by atoms with van der Waals surface area (Å²) < 4.78 is 0. The van der Waals surface area contributed by atoms with E-state index in [2.05, 4.69) is 45.6 Å². The van der Waals surface area contributed by atoms with Gasteiger partial charge in [0.25, 0.3) is 0 Å². The maximum absolute atomic E-state index is 4.10. The van der Waals surface area contributed by atoms with Crippen molar-refractivity contribution in [3.8, 4) is 0 Å². The number of unbranched alkanes of at least 4 members (excludes halogenated alkanes) is 9. The third-order valence-electron chi connectivity index (χ3n) is 5.58. The fraction of sp³-hybridized carbons (Fsp3) is 0.692. The summed E-state index contributed by atoms with van der Waals surface area (Å²) in [6.45, 7) is 11.0. The number of aryl methyl sites for hydroxylation is 3. The van der Waals surface area contributed by atoms with Crippen LogP contribution in [0.25, 0.3) is 6.08 Å². The molecule has 0 aliphatic carbocycles. The van der Waals surface area contributed by atoms with Crippen molar-refractivity contribution >= 4 is 6.08 Å². The fourth-order valence-corrected chi connectivity index (χ4v) is 3.86. The van der Waals surface area contributed by atoms with Crippen LogP contribution in [0.3, 0.4) is 0 Å². The van der Waals surface area contributed by atoms with Crippen LogP contribution in [0, 0.1) is 0 Å². The van der Waals surface area contributed by atoms with E-state index in [9.17, 15) is 0 Å². The molecule has 0 nitrogen and oxygen atoms in total. The lowest BCUT2D eigenvalue weighted by Crippen LogP contribution is -2.01. The Morgan fingerprint density at radius 3 is 1.42 bits per heavy atom. The lowest BCUT2D eigenvalue weighted by atomic mass is 9.90. The largest absolute Gasteiger partial charge is 0.0985 e. The molecule has 0 spiro atoms. The Morgan fingerprint density at radius 1 is 0.577 bits per heavy atom. The summed E-state index contributed by atoms with van der Waals surface area (Å²) in [5.74, 6) is 0. The van der Waals surface area contributed by atoms with Gasteiger partial charge < -0.3 is 0 Å². The molecule has 1 aromatic rings. The van der Waals surface area contributed by atoms with Gasteiger partial charge in [0.2, 0.25) is 0 Å². The van der Waals surface area contributed by atoms with Crippen molar-refractivity contribution in [3.05, 3.63) is 41.0 Å². The molecular formula is C26H44. The van der Waals surface area contributed by atoms with Crippen molar-refractivity contribution in [2.75, 3.05) is 0 Å². The molecule has 0 bridgehead atoms. The Balaban J connectivity index is 2.83. The summed E-state index contributed by atoms with van der Waals surface area (Å²) in [4.78, 5) is 0. The van der Waals surface area contributed by atoms with Crippen molar-refractivity contribution in [1.82, 2.24) is 0 Å². The molecule has 0 aliphatic rings. The standard InChI is InChI=1S/C26H44/c1-5-9-12-15-18-24-22-26(20-17-14-11-7-3)25(21-23(24)8-4)19-16-13-10-6-2/h8,21-22H,4-7,9-20H2,1-3H3. The zero-order valence-corrected chi connectivity index (χ0v) is 18.0. The Bertz CT molecular complexity index is 483. The van der Waals surface area contributed by atoms with Crippen molar-refractivity contribution in [3.63, 3.8) is 0 Å². The average Bonchev–Trinajstić information content (AvgIpc) is 2.66. The molecule has 0 N–H and O–H groups in total. The predicted octanol–water partition coefficient (Wildman–Crippen LogP) is 8.70. The maximum atomic E-state index is 4.10. The topological polar surface area (TPSA) is 0 Å². The Morgan fingerprint density at radius 2 is 1.00 bits per heavy atom. The van der Waals surface area contributed by atoms with Crippen LogP contribution in [0.15, 0.2) is 18.7 Å². The quantitative estimate of drug-likeness (QED) is 0.260. The van der Waals surface area contributed by atoms with Crippen LogP contribution in [0.1, 0.15) is 120 Å². The van der Waals surface area contributed by atoms with Gasteiger partial charge in [-0.15, -0.1) is 0 Å². The SMILES string of the molecule is C=Cc1cc(CCCCCC)c(CCCCCC)cc1CCCCCC. The van der Waals surface area contributed by atoms with Crippen molar-refractivity contribution in [2.45, 2.75) is 117 Å². The predicted molar refractivity (Wildman–Crippen MR) is 120 cm³/mol. The Hall–Kier alpha value is -1.04. The normalized spacial score (nSPS) is 11.0. The van der Waals surface area contributed by atoms with Crippen LogP contribution in [-0.4, -0.2) is 0 Å². The first-order chi connectivity index (χ1) is 12.8. The van der Waals surface area contributed by atoms with E-state index in [4.69, 9.17) is 0 Å². The second-order valence-corrected chi connectivity index (χ2v) is 7.96. The molecule has 148 valence electrons. The number of rotatable bonds is 16. The average molecular weight is 357 g/mol. The van der Waals surface area contributed by atoms with Gasteiger partial charge in [0.1, 0.15) is 0 Å². The van der Waals surface area contributed by atoms with E-state index in [0.717, 1.165) is 0 Å². The molecule has 0 fully saturated rings. The molecular weight excluding hydrogens is 312 g/mol. The van der Waals surface area contributed by atoms with Crippen molar-refractivity contribution in [2.24, 2.45) is 0 Å². The second kappa shape index (κ2) is 15.1. The molecule has 26 heavy (non-hydrogen) atoms. The molecule has 0 saturated heterocycles. The smallest absolute Gasteiger partial charge is 0.0227 e. The summed E-state index contributed by atoms with van der Waals surface area (Å²) in [6, 6.07) is 5.02. The third kappa shape index (κ3) is 9.06. The van der Waals surface area contributed by atoms with E-state index >= 15 is 0 Å². The first kappa shape index (κ1) is 23.0. The van der Waals surface area contributed by atoms with Crippen LogP contribution < -0.4 is 0 Å². The minimum absolute atomic E-state index is 1.22. The van der Waals surface area contributed by atoms with Crippen molar-refractivity contribution < 1.29 is 0 Å². The molecule has 0 heterocycles. The number of benzene rings is 1.